The number of hydrogen-bond donors (Lipinski definition) is 1. The molecule has 7 fully saturated rings. The summed E-state index contributed by atoms with van der Waals surface area (Å²) in [5, 5.41) is 11.5. The Bertz CT molecular complexity index is 1140. The number of fused-ring (bicyclic) bond motifs is 4. The fourth-order valence-electron chi connectivity index (χ4n) is 9.14. The van der Waals surface area contributed by atoms with Gasteiger partial charge in [-0.05, 0) is 62.5 Å². The van der Waals surface area contributed by atoms with Crippen molar-refractivity contribution in [2.24, 2.45) is 11.8 Å². The van der Waals surface area contributed by atoms with Gasteiger partial charge < -0.3 is 43.0 Å². The minimum Gasteiger partial charge on any atom is -0.387 e. The number of ketones is 1. The Hall–Kier alpha value is -1.21. The molecule has 0 amide bonds. The van der Waals surface area contributed by atoms with Gasteiger partial charge in [-0.1, -0.05) is 20.1 Å². The Morgan fingerprint density at radius 1 is 0.978 bits per heavy atom. The Labute approximate surface area is 273 Å². The zero-order valence-electron chi connectivity index (χ0n) is 27.8. The third kappa shape index (κ3) is 6.68. The van der Waals surface area contributed by atoms with Crippen molar-refractivity contribution < 1.29 is 47.8 Å². The van der Waals surface area contributed by atoms with Crippen molar-refractivity contribution in [2.75, 3.05) is 26.9 Å². The number of carbonyl (C=O) groups excluding carboxylic acids is 1. The molecule has 258 valence electrons. The van der Waals surface area contributed by atoms with Gasteiger partial charge in [-0.25, -0.2) is 0 Å². The molecule has 7 heterocycles. The largest absolute Gasteiger partial charge is 0.387 e. The lowest BCUT2D eigenvalue weighted by atomic mass is 9.83. The summed E-state index contributed by atoms with van der Waals surface area (Å²) in [6, 6.07) is 0. The summed E-state index contributed by atoms with van der Waals surface area (Å²) in [5.41, 5.74) is 1.96. The van der Waals surface area contributed by atoms with Crippen LogP contribution in [0.15, 0.2) is 24.3 Å². The van der Waals surface area contributed by atoms with Crippen LogP contribution in [-0.2, 0) is 42.7 Å². The van der Waals surface area contributed by atoms with Crippen molar-refractivity contribution in [1.29, 1.82) is 0 Å². The summed E-state index contributed by atoms with van der Waals surface area (Å²) in [6.07, 6.45) is 4.07. The van der Waals surface area contributed by atoms with Crippen LogP contribution in [-0.4, -0.2) is 117 Å². The maximum absolute atomic E-state index is 13.5. The molecule has 0 aromatic carbocycles. The van der Waals surface area contributed by atoms with E-state index in [0.29, 0.717) is 44.8 Å². The molecule has 7 rings (SSSR count). The smallest absolute Gasteiger partial charge is 0.135 e. The molecule has 15 atom stereocenters. The standard InChI is InChI=1S/C36H54O10/c1-19-12-23(41-17-19)8-10-36(4)16-29-33(46-36)35-34(45-29)31(38)32-26(44-35)7-6-24(43-32)13-22(37)14-25-28(42-18-30(25)39-5)15-27-21(3)20(2)9-11-40-27/h20,23-35,38H,1,3,6-18H2,2,4-5H3/t20-,23+,24-,25+,26+,27-,28?,29-,30+,31+,32?,33?,34+,35?,36-/m1/s1. The van der Waals surface area contributed by atoms with Gasteiger partial charge in [0.1, 0.15) is 36.3 Å². The molecular weight excluding hydrogens is 592 g/mol. The summed E-state index contributed by atoms with van der Waals surface area (Å²) < 4.78 is 49.8. The number of aliphatic hydroxyl groups is 1. The molecule has 0 radical (unpaired) electrons. The van der Waals surface area contributed by atoms with Crippen LogP contribution in [0.5, 0.6) is 0 Å². The van der Waals surface area contributed by atoms with Crippen LogP contribution in [0, 0.1) is 11.8 Å². The quantitative estimate of drug-likeness (QED) is 0.352. The number of aliphatic hydroxyl groups excluding tert-OH is 1. The fourth-order valence-corrected chi connectivity index (χ4v) is 9.14. The molecule has 7 saturated heterocycles. The highest BCUT2D eigenvalue weighted by atomic mass is 16.7. The number of ether oxygens (including phenoxy) is 8. The van der Waals surface area contributed by atoms with Crippen molar-refractivity contribution in [2.45, 2.75) is 157 Å². The van der Waals surface area contributed by atoms with E-state index in [-0.39, 0.29) is 72.2 Å². The number of hydrogen-bond acceptors (Lipinski definition) is 10. The Kier molecular flexibility index (Phi) is 9.84. The molecule has 7 aliphatic heterocycles. The second kappa shape index (κ2) is 13.6. The molecule has 1 N–H and O–H groups in total. The minimum absolute atomic E-state index is 0.0473. The molecule has 0 spiro atoms. The number of carbonyl (C=O) groups is 1. The van der Waals surface area contributed by atoms with Gasteiger partial charge >= 0.3 is 0 Å². The summed E-state index contributed by atoms with van der Waals surface area (Å²) in [6.45, 7) is 14.5. The second-order valence-corrected chi connectivity index (χ2v) is 15.3. The van der Waals surface area contributed by atoms with Gasteiger partial charge in [-0.3, -0.25) is 4.79 Å². The van der Waals surface area contributed by atoms with E-state index >= 15 is 0 Å². The topological polar surface area (TPSA) is 111 Å². The van der Waals surface area contributed by atoms with E-state index in [1.807, 2.05) is 0 Å². The van der Waals surface area contributed by atoms with Crippen LogP contribution >= 0.6 is 0 Å². The molecule has 0 aliphatic carbocycles. The van der Waals surface area contributed by atoms with Crippen molar-refractivity contribution in [1.82, 2.24) is 0 Å². The Morgan fingerprint density at radius 3 is 2.59 bits per heavy atom. The Balaban J connectivity index is 0.909. The van der Waals surface area contributed by atoms with Gasteiger partial charge in [0.15, 0.2) is 0 Å². The molecule has 46 heavy (non-hydrogen) atoms. The van der Waals surface area contributed by atoms with Crippen molar-refractivity contribution in [3.63, 3.8) is 0 Å². The van der Waals surface area contributed by atoms with E-state index in [4.69, 9.17) is 37.9 Å². The Morgan fingerprint density at radius 2 is 1.80 bits per heavy atom. The SMILES string of the molecule is C=C1CO[C@@H](CC[C@]2(C)C[C@H]3O[C@@H]4C(O[C@H]5CC[C@H](CC(=O)C[C@H]6C(C[C@H]7OCC[C@@H](C)C7=C)OC[C@@H]6OC)OC5[C@@H]4O)C3O2)C1. The van der Waals surface area contributed by atoms with Crippen LogP contribution in [0.4, 0.5) is 0 Å². The average molecular weight is 647 g/mol. The lowest BCUT2D eigenvalue weighted by Gasteiger charge is -2.47. The van der Waals surface area contributed by atoms with E-state index in [1.54, 1.807) is 7.11 Å². The van der Waals surface area contributed by atoms with Crippen LogP contribution < -0.4 is 0 Å². The summed E-state index contributed by atoms with van der Waals surface area (Å²) >= 11 is 0. The number of methoxy groups -OCH3 is 1. The number of rotatable bonds is 10. The van der Waals surface area contributed by atoms with Gasteiger partial charge in [-0.2, -0.15) is 0 Å². The van der Waals surface area contributed by atoms with Crippen LogP contribution in [0.25, 0.3) is 0 Å². The monoisotopic (exact) mass is 646 g/mol. The second-order valence-electron chi connectivity index (χ2n) is 15.3. The van der Waals surface area contributed by atoms with Gasteiger partial charge in [0.05, 0.1) is 61.5 Å². The van der Waals surface area contributed by atoms with Crippen LogP contribution in [0.1, 0.15) is 78.1 Å². The predicted molar refractivity (Wildman–Crippen MR) is 167 cm³/mol. The van der Waals surface area contributed by atoms with E-state index in [9.17, 15) is 9.90 Å². The fraction of sp³-hybridized carbons (Fsp3) is 0.861. The van der Waals surface area contributed by atoms with E-state index < -0.39 is 18.3 Å². The first-order chi connectivity index (χ1) is 22.1. The maximum atomic E-state index is 13.5. The average Bonchev–Trinajstić information content (AvgIpc) is 3.78. The van der Waals surface area contributed by atoms with Gasteiger partial charge in [0.2, 0.25) is 0 Å². The van der Waals surface area contributed by atoms with Gasteiger partial charge in [0.25, 0.3) is 0 Å². The first kappa shape index (κ1) is 33.3. The van der Waals surface area contributed by atoms with E-state index in [0.717, 1.165) is 56.3 Å². The molecule has 4 unspecified atom stereocenters. The molecule has 10 heteroatoms. The highest BCUT2D eigenvalue weighted by molar-refractivity contribution is 5.79. The third-order valence-corrected chi connectivity index (χ3v) is 11.9. The predicted octanol–water partition coefficient (Wildman–Crippen LogP) is 3.85. The number of Topliss-reactive ketones (excluding diaryl/α,β-unsaturated/α-hetero) is 1. The summed E-state index contributed by atoms with van der Waals surface area (Å²) in [7, 11) is 1.68. The summed E-state index contributed by atoms with van der Waals surface area (Å²) in [5.74, 6) is 0.498. The zero-order valence-corrected chi connectivity index (χ0v) is 27.8. The molecular formula is C36H54O10. The van der Waals surface area contributed by atoms with Crippen molar-refractivity contribution in [3.8, 4) is 0 Å². The van der Waals surface area contributed by atoms with Crippen LogP contribution in [0.3, 0.4) is 0 Å². The highest BCUT2D eigenvalue weighted by Gasteiger charge is 2.62. The molecule has 0 aromatic heterocycles. The minimum atomic E-state index is -0.837. The van der Waals surface area contributed by atoms with Crippen molar-refractivity contribution >= 4 is 5.78 Å². The molecule has 0 aromatic rings. The first-order valence-electron chi connectivity index (χ1n) is 17.7. The lowest BCUT2D eigenvalue weighted by molar-refractivity contribution is -0.266. The maximum Gasteiger partial charge on any atom is 0.135 e. The van der Waals surface area contributed by atoms with Crippen LogP contribution in [0.2, 0.25) is 0 Å². The van der Waals surface area contributed by atoms with Gasteiger partial charge in [-0.15, -0.1) is 0 Å². The van der Waals surface area contributed by atoms with Crippen molar-refractivity contribution in [3.05, 3.63) is 24.3 Å². The highest BCUT2D eigenvalue weighted by Crippen LogP contribution is 2.48. The van der Waals surface area contributed by atoms with E-state index in [1.165, 1.54) is 0 Å². The third-order valence-electron chi connectivity index (χ3n) is 11.9. The molecule has 7 aliphatic rings. The summed E-state index contributed by atoms with van der Waals surface area (Å²) in [4.78, 5) is 13.5. The van der Waals surface area contributed by atoms with E-state index in [2.05, 4.69) is 27.0 Å². The zero-order chi connectivity index (χ0) is 32.2. The first-order valence-corrected chi connectivity index (χ1v) is 17.7. The lowest BCUT2D eigenvalue weighted by Crippen LogP contribution is -2.61. The molecule has 10 nitrogen and oxygen atoms in total. The molecule has 0 bridgehead atoms. The van der Waals surface area contributed by atoms with Gasteiger partial charge in [0, 0.05) is 45.3 Å². The molecule has 0 saturated carbocycles. The normalized spacial score (nSPS) is 48.8.